The zero-order chi connectivity index (χ0) is 15.0. The van der Waals surface area contributed by atoms with Gasteiger partial charge in [-0.3, -0.25) is 4.79 Å². The lowest BCUT2D eigenvalue weighted by Gasteiger charge is -2.10. The molecular weight excluding hydrogens is 274 g/mol. The predicted octanol–water partition coefficient (Wildman–Crippen LogP) is 1.35. The van der Waals surface area contributed by atoms with Gasteiger partial charge in [-0.2, -0.15) is 0 Å². The number of aromatic carboxylic acids is 1. The molecule has 0 radical (unpaired) electrons. The Hall–Kier alpha value is -3.22. The highest BCUT2D eigenvalue weighted by molar-refractivity contribution is 5.88. The molecule has 1 aromatic rings. The van der Waals surface area contributed by atoms with E-state index in [9.17, 15) is 14.8 Å². The molecule has 0 bridgehead atoms. The van der Waals surface area contributed by atoms with E-state index in [0.29, 0.717) is 16.1 Å². The molecule has 0 aromatic heterocycles. The van der Waals surface area contributed by atoms with Crippen LogP contribution in [0.1, 0.15) is 10.4 Å². The van der Waals surface area contributed by atoms with E-state index in [-0.39, 0.29) is 22.5 Å². The minimum absolute atomic E-state index is 0.146. The third kappa shape index (κ3) is 2.32. The van der Waals surface area contributed by atoms with E-state index in [1.165, 1.54) is 30.3 Å². The Morgan fingerprint density at radius 2 is 1.81 bits per heavy atom. The molecule has 0 atom stereocenters. The van der Waals surface area contributed by atoms with Gasteiger partial charge in [0.15, 0.2) is 11.3 Å². The van der Waals surface area contributed by atoms with Crippen molar-refractivity contribution in [2.45, 2.75) is 0 Å². The summed E-state index contributed by atoms with van der Waals surface area (Å²) in [6.07, 6.45) is 0. The zero-order valence-corrected chi connectivity index (χ0v) is 10.6. The van der Waals surface area contributed by atoms with Crippen LogP contribution in [0.4, 0.5) is 0 Å². The van der Waals surface area contributed by atoms with Gasteiger partial charge in [0.05, 0.1) is 11.3 Å². The highest BCUT2D eigenvalue weighted by Gasteiger charge is 2.13. The number of carboxylic acids is 1. The molecule has 1 heterocycles. The number of hydrogen-bond acceptors (Lipinski definition) is 5. The number of carboxylic acid groups (broad SMARTS) is 1. The van der Waals surface area contributed by atoms with E-state index in [2.05, 4.69) is 10.1 Å². The van der Waals surface area contributed by atoms with E-state index >= 15 is 0 Å². The van der Waals surface area contributed by atoms with Gasteiger partial charge in [-0.25, -0.2) is 9.78 Å². The summed E-state index contributed by atoms with van der Waals surface area (Å²) in [5.41, 5.74) is 1.05. The molecule has 1 aromatic carbocycles. The molecular formula is C14H9N3O4. The van der Waals surface area contributed by atoms with Crippen LogP contribution in [-0.2, 0) is 0 Å². The minimum Gasteiger partial charge on any atom is -0.478 e. The van der Waals surface area contributed by atoms with Crippen molar-refractivity contribution in [2.24, 2.45) is 0 Å². The number of hydrogen-bond donors (Lipinski definition) is 2. The van der Waals surface area contributed by atoms with Gasteiger partial charge in [0, 0.05) is 11.6 Å². The molecule has 0 saturated carbocycles. The predicted molar refractivity (Wildman–Crippen MR) is 72.5 cm³/mol. The fourth-order valence-electron chi connectivity index (χ4n) is 1.92. The molecule has 2 aliphatic rings. The van der Waals surface area contributed by atoms with Crippen molar-refractivity contribution in [2.75, 3.05) is 0 Å². The highest BCUT2D eigenvalue weighted by Crippen LogP contribution is 2.21. The summed E-state index contributed by atoms with van der Waals surface area (Å²) in [6, 6.07) is 10.0. The zero-order valence-electron chi connectivity index (χ0n) is 10.6. The van der Waals surface area contributed by atoms with Gasteiger partial charge >= 0.3 is 5.97 Å². The first kappa shape index (κ1) is 12.8. The van der Waals surface area contributed by atoms with Gasteiger partial charge in [-0.1, -0.05) is 17.0 Å². The number of rotatable bonds is 2. The van der Waals surface area contributed by atoms with Crippen LogP contribution < -0.4 is 5.43 Å². The fourth-order valence-corrected chi connectivity index (χ4v) is 1.92. The molecule has 0 fully saturated rings. The summed E-state index contributed by atoms with van der Waals surface area (Å²) >= 11 is 0. The lowest BCUT2D eigenvalue weighted by Crippen LogP contribution is -2.12. The first-order valence-electron chi connectivity index (χ1n) is 5.99. The molecule has 1 aliphatic heterocycles. The summed E-state index contributed by atoms with van der Waals surface area (Å²) in [4.78, 5) is 26.9. The monoisotopic (exact) mass is 283 g/mol. The maximum Gasteiger partial charge on any atom is 0.335 e. The van der Waals surface area contributed by atoms with Gasteiger partial charge < -0.3 is 10.3 Å². The Bertz CT molecular complexity index is 855. The Balaban J connectivity index is 2.13. The molecule has 7 heteroatoms. The van der Waals surface area contributed by atoms with Crippen LogP contribution >= 0.6 is 0 Å². The summed E-state index contributed by atoms with van der Waals surface area (Å²) in [5.74, 6) is -0.804. The summed E-state index contributed by atoms with van der Waals surface area (Å²) in [5, 5.41) is 22.5. The molecule has 0 spiro atoms. The van der Waals surface area contributed by atoms with Crippen LogP contribution in [0.25, 0.3) is 22.8 Å². The molecule has 7 nitrogen and oxygen atoms in total. The van der Waals surface area contributed by atoms with Crippen molar-refractivity contribution in [1.29, 1.82) is 0 Å². The van der Waals surface area contributed by atoms with Gasteiger partial charge in [0.1, 0.15) is 5.69 Å². The SMILES string of the molecule is O=C(O)c1ccc(-c2nc3ccc(=O)cc-3n(O)n2)cc1. The van der Waals surface area contributed by atoms with E-state index < -0.39 is 5.97 Å². The molecule has 21 heavy (non-hydrogen) atoms. The van der Waals surface area contributed by atoms with Crippen molar-refractivity contribution in [1.82, 2.24) is 14.9 Å². The smallest absolute Gasteiger partial charge is 0.335 e. The van der Waals surface area contributed by atoms with Gasteiger partial charge in [0.25, 0.3) is 0 Å². The summed E-state index contributed by atoms with van der Waals surface area (Å²) in [7, 11) is 0. The molecule has 0 unspecified atom stereocenters. The lowest BCUT2D eigenvalue weighted by atomic mass is 10.1. The summed E-state index contributed by atoms with van der Waals surface area (Å²) < 4.78 is 0. The first-order valence-corrected chi connectivity index (χ1v) is 5.99. The third-order valence-electron chi connectivity index (χ3n) is 2.97. The van der Waals surface area contributed by atoms with Gasteiger partial charge in [-0.05, 0) is 24.3 Å². The third-order valence-corrected chi connectivity index (χ3v) is 2.97. The molecule has 1 aliphatic carbocycles. The normalized spacial score (nSPS) is 10.7. The molecule has 104 valence electrons. The second kappa shape index (κ2) is 4.71. The van der Waals surface area contributed by atoms with Crippen LogP contribution in [0.3, 0.4) is 0 Å². The minimum atomic E-state index is -1.03. The Morgan fingerprint density at radius 1 is 1.10 bits per heavy atom. The molecule has 2 N–H and O–H groups in total. The maximum atomic E-state index is 11.3. The van der Waals surface area contributed by atoms with Crippen LogP contribution in [-0.4, -0.2) is 31.2 Å². The Kier molecular flexibility index (Phi) is 2.87. The number of nitrogens with zero attached hydrogens (tertiary/aromatic N) is 3. The average molecular weight is 283 g/mol. The fraction of sp³-hybridized carbons (Fsp3) is 0. The van der Waals surface area contributed by atoms with Crippen molar-refractivity contribution >= 4 is 5.97 Å². The largest absolute Gasteiger partial charge is 0.478 e. The number of carbonyl (C=O) groups is 1. The molecule has 3 rings (SSSR count). The Labute approximate surface area is 118 Å². The second-order valence-electron chi connectivity index (χ2n) is 4.36. The molecule has 0 amide bonds. The van der Waals surface area contributed by atoms with E-state index in [0.717, 1.165) is 0 Å². The van der Waals surface area contributed by atoms with E-state index in [4.69, 9.17) is 5.11 Å². The number of fused-ring (bicyclic) bond motifs is 1. The van der Waals surface area contributed by atoms with Crippen molar-refractivity contribution < 1.29 is 15.1 Å². The standard InChI is InChI=1S/C14H9N3O4/c18-10-5-6-11-12(7-10)17(21)16-13(15-11)8-1-3-9(4-2-8)14(19)20/h1-7,21H,(H,19,20). The van der Waals surface area contributed by atoms with Crippen LogP contribution in [0.15, 0.2) is 47.3 Å². The maximum absolute atomic E-state index is 11.3. The van der Waals surface area contributed by atoms with Gasteiger partial charge in [-0.15, -0.1) is 5.10 Å². The second-order valence-corrected chi connectivity index (χ2v) is 4.36. The highest BCUT2D eigenvalue weighted by atomic mass is 16.5. The van der Waals surface area contributed by atoms with E-state index in [1.54, 1.807) is 12.1 Å². The first-order chi connectivity index (χ1) is 10.0. The topological polar surface area (TPSA) is 105 Å². The summed E-state index contributed by atoms with van der Waals surface area (Å²) in [6.45, 7) is 0. The van der Waals surface area contributed by atoms with Gasteiger partial charge in [0.2, 0.25) is 0 Å². The van der Waals surface area contributed by atoms with E-state index in [1.807, 2.05) is 0 Å². The number of aromatic nitrogens is 3. The molecule has 0 saturated heterocycles. The van der Waals surface area contributed by atoms with Crippen molar-refractivity contribution in [3.8, 4) is 22.8 Å². The van der Waals surface area contributed by atoms with Crippen LogP contribution in [0.5, 0.6) is 0 Å². The van der Waals surface area contributed by atoms with Crippen LogP contribution in [0.2, 0.25) is 0 Å². The quantitative estimate of drug-likeness (QED) is 0.688. The van der Waals surface area contributed by atoms with Crippen molar-refractivity contribution in [3.05, 3.63) is 58.3 Å². The van der Waals surface area contributed by atoms with Crippen molar-refractivity contribution in [3.63, 3.8) is 0 Å². The lowest BCUT2D eigenvalue weighted by molar-refractivity contribution is 0.0697. The Morgan fingerprint density at radius 3 is 2.48 bits per heavy atom. The number of benzene rings is 2. The average Bonchev–Trinajstić information content (AvgIpc) is 2.48. The van der Waals surface area contributed by atoms with Crippen LogP contribution in [0, 0.1) is 0 Å².